The molecule has 4 aromatic rings. The van der Waals surface area contributed by atoms with E-state index in [1.54, 1.807) is 30.3 Å². The summed E-state index contributed by atoms with van der Waals surface area (Å²) in [6, 6.07) is 11.4. The molecule has 0 radical (unpaired) electrons. The first kappa shape index (κ1) is 22.1. The number of nitrogens with zero attached hydrogens (tertiary/aromatic N) is 2. The number of hydrogen-bond acceptors (Lipinski definition) is 4. The Morgan fingerprint density at radius 2 is 1.88 bits per heavy atom. The number of carbonyl (C=O) groups excluding carboxylic acids is 1. The molecule has 0 aliphatic carbocycles. The van der Waals surface area contributed by atoms with Gasteiger partial charge in [0.25, 0.3) is 5.56 Å². The summed E-state index contributed by atoms with van der Waals surface area (Å²) in [5, 5.41) is 2.80. The number of pyridine rings is 1. The van der Waals surface area contributed by atoms with Crippen LogP contribution in [-0.2, 0) is 11.2 Å². The van der Waals surface area contributed by atoms with Gasteiger partial charge in [-0.25, -0.2) is 18.1 Å². The number of rotatable bonds is 6. The number of benzene rings is 2. The summed E-state index contributed by atoms with van der Waals surface area (Å²) >= 11 is 0. The highest BCUT2D eigenvalue weighted by atomic mass is 19.1. The zero-order valence-corrected chi connectivity index (χ0v) is 17.6. The van der Waals surface area contributed by atoms with Crippen LogP contribution in [0.15, 0.2) is 76.6 Å². The van der Waals surface area contributed by atoms with Crippen molar-refractivity contribution < 1.29 is 13.6 Å². The minimum Gasteiger partial charge on any atom is -0.348 e. The molecule has 7 nitrogen and oxygen atoms in total. The quantitative estimate of drug-likeness (QED) is 0.472. The summed E-state index contributed by atoms with van der Waals surface area (Å²) in [7, 11) is 0. The third-order valence-electron chi connectivity index (χ3n) is 5.40. The third-order valence-corrected chi connectivity index (χ3v) is 5.40. The SMILES string of the molecule is C[C@H](NC(=O)[C@H](Cc1ccccc1)n1c(=O)[nH]c2ccncc2c1=O)c1ccc(F)cc1F. The summed E-state index contributed by atoms with van der Waals surface area (Å²) in [5.41, 5.74) is -0.325. The van der Waals surface area contributed by atoms with E-state index in [2.05, 4.69) is 15.3 Å². The average molecular weight is 450 g/mol. The summed E-state index contributed by atoms with van der Waals surface area (Å²) < 4.78 is 28.3. The van der Waals surface area contributed by atoms with Crippen molar-refractivity contribution in [2.45, 2.75) is 25.4 Å². The largest absolute Gasteiger partial charge is 0.348 e. The average Bonchev–Trinajstić information content (AvgIpc) is 2.79. The number of aromatic nitrogens is 3. The zero-order valence-electron chi connectivity index (χ0n) is 17.6. The fourth-order valence-corrected chi connectivity index (χ4v) is 3.73. The Labute approximate surface area is 186 Å². The Balaban J connectivity index is 1.76. The number of halogens is 2. The number of aromatic amines is 1. The first-order valence-corrected chi connectivity index (χ1v) is 10.2. The van der Waals surface area contributed by atoms with Crippen molar-refractivity contribution in [1.29, 1.82) is 0 Å². The van der Waals surface area contributed by atoms with E-state index < -0.39 is 40.9 Å². The van der Waals surface area contributed by atoms with Gasteiger partial charge < -0.3 is 10.3 Å². The normalized spacial score (nSPS) is 12.9. The van der Waals surface area contributed by atoms with E-state index in [1.165, 1.54) is 31.5 Å². The van der Waals surface area contributed by atoms with Gasteiger partial charge in [0.15, 0.2) is 0 Å². The summed E-state index contributed by atoms with van der Waals surface area (Å²) in [6.07, 6.45) is 2.80. The highest BCUT2D eigenvalue weighted by Crippen LogP contribution is 2.20. The highest BCUT2D eigenvalue weighted by molar-refractivity contribution is 5.82. The van der Waals surface area contributed by atoms with Gasteiger partial charge >= 0.3 is 5.69 Å². The van der Waals surface area contributed by atoms with Gasteiger partial charge in [-0.15, -0.1) is 0 Å². The Hall–Kier alpha value is -4.14. The van der Waals surface area contributed by atoms with Crippen LogP contribution in [0.3, 0.4) is 0 Å². The lowest BCUT2D eigenvalue weighted by molar-refractivity contribution is -0.125. The van der Waals surface area contributed by atoms with Gasteiger partial charge in [0, 0.05) is 30.4 Å². The molecule has 0 bridgehead atoms. The number of nitrogens with one attached hydrogen (secondary N) is 2. The van der Waals surface area contributed by atoms with Crippen LogP contribution in [0.5, 0.6) is 0 Å². The summed E-state index contributed by atoms with van der Waals surface area (Å²) in [6.45, 7) is 1.53. The van der Waals surface area contributed by atoms with Crippen LogP contribution in [0.25, 0.3) is 10.9 Å². The molecule has 2 heterocycles. The van der Waals surface area contributed by atoms with Gasteiger partial charge in [0.1, 0.15) is 17.7 Å². The van der Waals surface area contributed by atoms with Crippen LogP contribution < -0.4 is 16.6 Å². The Bertz CT molecular complexity index is 1430. The lowest BCUT2D eigenvalue weighted by Crippen LogP contribution is -2.46. The van der Waals surface area contributed by atoms with Gasteiger partial charge in [-0.1, -0.05) is 36.4 Å². The molecule has 2 aromatic carbocycles. The second kappa shape index (κ2) is 9.15. The molecule has 4 rings (SSSR count). The maximum Gasteiger partial charge on any atom is 0.329 e. The highest BCUT2D eigenvalue weighted by Gasteiger charge is 2.27. The number of amides is 1. The van der Waals surface area contributed by atoms with E-state index in [4.69, 9.17) is 0 Å². The molecular weight excluding hydrogens is 430 g/mol. The van der Waals surface area contributed by atoms with Gasteiger partial charge in [-0.2, -0.15) is 0 Å². The fraction of sp³-hybridized carbons (Fsp3) is 0.167. The minimum atomic E-state index is -1.22. The van der Waals surface area contributed by atoms with Crippen LogP contribution in [0, 0.1) is 11.6 Å². The lowest BCUT2D eigenvalue weighted by atomic mass is 10.0. The van der Waals surface area contributed by atoms with E-state index in [0.29, 0.717) is 5.52 Å². The smallest absolute Gasteiger partial charge is 0.329 e. The fourth-order valence-electron chi connectivity index (χ4n) is 3.73. The van der Waals surface area contributed by atoms with Crippen molar-refractivity contribution in [3.8, 4) is 0 Å². The minimum absolute atomic E-state index is 0.0417. The molecule has 33 heavy (non-hydrogen) atoms. The van der Waals surface area contributed by atoms with E-state index >= 15 is 0 Å². The summed E-state index contributed by atoms with van der Waals surface area (Å²) in [4.78, 5) is 45.8. The van der Waals surface area contributed by atoms with Crippen molar-refractivity contribution in [3.05, 3.63) is 111 Å². The van der Waals surface area contributed by atoms with Crippen LogP contribution in [0.2, 0.25) is 0 Å². The van der Waals surface area contributed by atoms with E-state index in [-0.39, 0.29) is 17.4 Å². The molecule has 0 aliphatic rings. The monoisotopic (exact) mass is 450 g/mol. The molecular formula is C24H20F2N4O3. The molecule has 2 aromatic heterocycles. The van der Waals surface area contributed by atoms with Gasteiger partial charge in [0.2, 0.25) is 5.91 Å². The van der Waals surface area contributed by atoms with Crippen molar-refractivity contribution in [3.63, 3.8) is 0 Å². The predicted molar refractivity (Wildman–Crippen MR) is 119 cm³/mol. The molecule has 168 valence electrons. The van der Waals surface area contributed by atoms with Gasteiger partial charge in [-0.05, 0) is 24.6 Å². The van der Waals surface area contributed by atoms with Crippen molar-refractivity contribution >= 4 is 16.8 Å². The van der Waals surface area contributed by atoms with Crippen LogP contribution in [0.4, 0.5) is 8.78 Å². The Kier molecular flexibility index (Phi) is 6.12. The molecule has 9 heteroatoms. The van der Waals surface area contributed by atoms with Crippen molar-refractivity contribution in [2.75, 3.05) is 0 Å². The Morgan fingerprint density at radius 1 is 1.12 bits per heavy atom. The number of fused-ring (bicyclic) bond motifs is 1. The molecule has 2 N–H and O–H groups in total. The van der Waals surface area contributed by atoms with E-state index in [0.717, 1.165) is 22.3 Å². The number of H-pyrrole nitrogens is 1. The third kappa shape index (κ3) is 4.57. The molecule has 1 amide bonds. The van der Waals surface area contributed by atoms with Crippen LogP contribution >= 0.6 is 0 Å². The second-order valence-electron chi connectivity index (χ2n) is 7.63. The predicted octanol–water partition coefficient (Wildman–Crippen LogP) is 3.02. The second-order valence-corrected chi connectivity index (χ2v) is 7.63. The van der Waals surface area contributed by atoms with Crippen molar-refractivity contribution in [2.24, 2.45) is 0 Å². The van der Waals surface area contributed by atoms with Crippen LogP contribution in [-0.4, -0.2) is 20.4 Å². The zero-order chi connectivity index (χ0) is 23.5. The van der Waals surface area contributed by atoms with Crippen molar-refractivity contribution in [1.82, 2.24) is 19.9 Å². The maximum atomic E-state index is 14.2. The maximum absolute atomic E-state index is 14.2. The molecule has 0 spiro atoms. The van der Waals surface area contributed by atoms with Gasteiger partial charge in [-0.3, -0.25) is 14.6 Å². The van der Waals surface area contributed by atoms with E-state index in [1.807, 2.05) is 0 Å². The first-order chi connectivity index (χ1) is 15.8. The molecule has 2 atom stereocenters. The number of hydrogen-bond donors (Lipinski definition) is 2. The molecule has 0 fully saturated rings. The van der Waals surface area contributed by atoms with E-state index in [9.17, 15) is 23.2 Å². The molecule has 0 unspecified atom stereocenters. The molecule has 0 aliphatic heterocycles. The molecule has 0 saturated heterocycles. The topological polar surface area (TPSA) is 96.8 Å². The number of carbonyl (C=O) groups is 1. The standard InChI is InChI=1S/C24H20F2N4O3/c1-14(17-8-7-16(25)12-19(17)26)28-22(31)21(11-15-5-3-2-4-6-15)30-23(32)18-13-27-10-9-20(18)29-24(30)33/h2-10,12-14,21H,11H2,1H3,(H,28,31)(H,29,33)/t14-,21-/m0/s1. The van der Waals surface area contributed by atoms with Crippen LogP contribution in [0.1, 0.15) is 30.1 Å². The molecule has 0 saturated carbocycles. The first-order valence-electron chi connectivity index (χ1n) is 10.2. The Morgan fingerprint density at radius 3 is 2.61 bits per heavy atom. The van der Waals surface area contributed by atoms with Gasteiger partial charge in [0.05, 0.1) is 16.9 Å². The lowest BCUT2D eigenvalue weighted by Gasteiger charge is -2.22. The summed E-state index contributed by atoms with van der Waals surface area (Å²) in [5.74, 6) is -2.21.